The maximum atomic E-state index is 13.1. The molecule has 1 nitrogen and oxygen atoms in total. The molecule has 2 aromatic carbocycles. The van der Waals surface area contributed by atoms with Crippen molar-refractivity contribution in [2.75, 3.05) is 0 Å². The second-order valence-corrected chi connectivity index (χ2v) is 4.80. The molecule has 0 saturated carbocycles. The Bertz CT molecular complexity index is 549. The molecule has 2 rings (SSSR count). The Morgan fingerprint density at radius 2 is 1.89 bits per heavy atom. The van der Waals surface area contributed by atoms with Crippen LogP contribution >= 0.6 is 0 Å². The minimum absolute atomic E-state index is 0.0910. The number of hydrogen-bond acceptors (Lipinski definition) is 1. The van der Waals surface area contributed by atoms with Gasteiger partial charge in [0.05, 0.1) is 0 Å². The Morgan fingerprint density at radius 1 is 1.11 bits per heavy atom. The van der Waals surface area contributed by atoms with E-state index in [2.05, 4.69) is 32.0 Å². The van der Waals surface area contributed by atoms with E-state index in [1.54, 1.807) is 12.1 Å². The zero-order valence-electron chi connectivity index (χ0n) is 10.8. The summed E-state index contributed by atoms with van der Waals surface area (Å²) in [7, 11) is 0. The summed E-state index contributed by atoms with van der Waals surface area (Å²) in [5.74, 6) is -0.208. The first-order valence-electron chi connectivity index (χ1n) is 6.13. The van der Waals surface area contributed by atoms with E-state index in [-0.39, 0.29) is 11.9 Å². The molecule has 18 heavy (non-hydrogen) atoms. The van der Waals surface area contributed by atoms with Crippen molar-refractivity contribution < 1.29 is 4.39 Å². The summed E-state index contributed by atoms with van der Waals surface area (Å²) < 4.78 is 13.1. The minimum Gasteiger partial charge on any atom is -0.324 e. The molecule has 0 spiro atoms. The molecule has 2 aromatic rings. The summed E-state index contributed by atoms with van der Waals surface area (Å²) in [6.45, 7) is 4.11. The highest BCUT2D eigenvalue weighted by atomic mass is 19.1. The molecular formula is C16H18FN. The van der Waals surface area contributed by atoms with Crippen LogP contribution in [0.2, 0.25) is 0 Å². The smallest absolute Gasteiger partial charge is 0.123 e. The van der Waals surface area contributed by atoms with Crippen molar-refractivity contribution >= 4 is 0 Å². The Hall–Kier alpha value is -1.67. The van der Waals surface area contributed by atoms with E-state index in [0.717, 1.165) is 11.1 Å². The van der Waals surface area contributed by atoms with Crippen LogP contribution < -0.4 is 5.73 Å². The number of nitrogens with two attached hydrogens (primary N) is 1. The zero-order valence-corrected chi connectivity index (χ0v) is 10.8. The average Bonchev–Trinajstić information content (AvgIpc) is 2.32. The molecular weight excluding hydrogens is 225 g/mol. The van der Waals surface area contributed by atoms with Gasteiger partial charge in [-0.3, -0.25) is 0 Å². The predicted octanol–water partition coefficient (Wildman–Crippen LogP) is 3.69. The maximum Gasteiger partial charge on any atom is 0.123 e. The highest BCUT2D eigenvalue weighted by Gasteiger charge is 2.10. The lowest BCUT2D eigenvalue weighted by atomic mass is 9.95. The van der Waals surface area contributed by atoms with E-state index < -0.39 is 0 Å². The van der Waals surface area contributed by atoms with E-state index in [1.165, 1.54) is 17.2 Å². The van der Waals surface area contributed by atoms with E-state index >= 15 is 0 Å². The maximum absolute atomic E-state index is 13.1. The van der Waals surface area contributed by atoms with Crippen LogP contribution in [0.1, 0.15) is 28.3 Å². The van der Waals surface area contributed by atoms with Gasteiger partial charge in [0.1, 0.15) is 5.82 Å². The zero-order chi connectivity index (χ0) is 13.1. The lowest BCUT2D eigenvalue weighted by Crippen LogP contribution is -2.15. The van der Waals surface area contributed by atoms with Crippen LogP contribution in [0.15, 0.2) is 42.5 Å². The van der Waals surface area contributed by atoms with Crippen LogP contribution in [0.4, 0.5) is 4.39 Å². The van der Waals surface area contributed by atoms with Crippen molar-refractivity contribution in [3.05, 3.63) is 70.5 Å². The normalized spacial score (nSPS) is 12.4. The van der Waals surface area contributed by atoms with Gasteiger partial charge in [-0.2, -0.15) is 0 Å². The lowest BCUT2D eigenvalue weighted by molar-refractivity contribution is 0.622. The average molecular weight is 243 g/mol. The van der Waals surface area contributed by atoms with Crippen molar-refractivity contribution in [2.45, 2.75) is 26.3 Å². The van der Waals surface area contributed by atoms with Crippen LogP contribution in [0.3, 0.4) is 0 Å². The topological polar surface area (TPSA) is 26.0 Å². The van der Waals surface area contributed by atoms with Gasteiger partial charge in [0.15, 0.2) is 0 Å². The van der Waals surface area contributed by atoms with Crippen LogP contribution in [0.5, 0.6) is 0 Å². The van der Waals surface area contributed by atoms with Crippen molar-refractivity contribution in [1.82, 2.24) is 0 Å². The highest BCUT2D eigenvalue weighted by molar-refractivity contribution is 5.34. The van der Waals surface area contributed by atoms with E-state index in [9.17, 15) is 4.39 Å². The largest absolute Gasteiger partial charge is 0.324 e. The number of hydrogen-bond donors (Lipinski definition) is 1. The van der Waals surface area contributed by atoms with Crippen molar-refractivity contribution in [1.29, 1.82) is 0 Å². The van der Waals surface area contributed by atoms with Crippen molar-refractivity contribution in [3.8, 4) is 0 Å². The Labute approximate surface area is 107 Å². The molecule has 0 heterocycles. The molecule has 0 saturated heterocycles. The predicted molar refractivity (Wildman–Crippen MR) is 72.9 cm³/mol. The van der Waals surface area contributed by atoms with E-state index in [4.69, 9.17) is 5.73 Å². The molecule has 0 aliphatic heterocycles. The summed E-state index contributed by atoms with van der Waals surface area (Å²) in [4.78, 5) is 0. The van der Waals surface area contributed by atoms with Crippen LogP contribution in [-0.4, -0.2) is 0 Å². The second-order valence-electron chi connectivity index (χ2n) is 4.80. The van der Waals surface area contributed by atoms with Crippen LogP contribution in [0, 0.1) is 19.7 Å². The summed E-state index contributed by atoms with van der Waals surface area (Å²) in [5, 5.41) is 0. The quantitative estimate of drug-likeness (QED) is 0.874. The van der Waals surface area contributed by atoms with Crippen molar-refractivity contribution in [3.63, 3.8) is 0 Å². The van der Waals surface area contributed by atoms with Gasteiger partial charge in [-0.1, -0.05) is 35.9 Å². The minimum atomic E-state index is -0.208. The molecule has 2 N–H and O–H groups in total. The monoisotopic (exact) mass is 243 g/mol. The SMILES string of the molecule is Cc1ccc(C)c(C(N)Cc2cccc(F)c2)c1. The Kier molecular flexibility index (Phi) is 3.78. The molecule has 94 valence electrons. The molecule has 0 aliphatic rings. The van der Waals surface area contributed by atoms with Crippen LogP contribution in [-0.2, 0) is 6.42 Å². The van der Waals surface area contributed by atoms with Gasteiger partial charge in [0.25, 0.3) is 0 Å². The molecule has 0 aromatic heterocycles. The van der Waals surface area contributed by atoms with E-state index in [0.29, 0.717) is 6.42 Å². The van der Waals surface area contributed by atoms with Gasteiger partial charge in [0, 0.05) is 6.04 Å². The first kappa shape index (κ1) is 12.8. The van der Waals surface area contributed by atoms with Gasteiger partial charge in [-0.05, 0) is 49.1 Å². The Balaban J connectivity index is 2.21. The molecule has 2 heteroatoms. The number of benzene rings is 2. The number of aryl methyl sites for hydroxylation is 2. The van der Waals surface area contributed by atoms with E-state index in [1.807, 2.05) is 6.07 Å². The molecule has 0 amide bonds. The van der Waals surface area contributed by atoms with Gasteiger partial charge >= 0.3 is 0 Å². The molecule has 1 atom stereocenters. The first-order valence-corrected chi connectivity index (χ1v) is 6.13. The molecule has 0 aliphatic carbocycles. The first-order chi connectivity index (χ1) is 8.56. The Morgan fingerprint density at radius 3 is 2.61 bits per heavy atom. The van der Waals surface area contributed by atoms with Gasteiger partial charge in [-0.15, -0.1) is 0 Å². The molecule has 1 unspecified atom stereocenters. The fourth-order valence-electron chi connectivity index (χ4n) is 2.19. The summed E-state index contributed by atoms with van der Waals surface area (Å²) in [5.41, 5.74) is 10.7. The van der Waals surface area contributed by atoms with Gasteiger partial charge in [0.2, 0.25) is 0 Å². The number of halogens is 1. The van der Waals surface area contributed by atoms with Gasteiger partial charge in [-0.25, -0.2) is 4.39 Å². The fourth-order valence-corrected chi connectivity index (χ4v) is 2.19. The fraction of sp³-hybridized carbons (Fsp3) is 0.250. The lowest BCUT2D eigenvalue weighted by Gasteiger charge is -2.15. The third kappa shape index (κ3) is 2.96. The summed E-state index contributed by atoms with van der Waals surface area (Å²) >= 11 is 0. The molecule has 0 radical (unpaired) electrons. The third-order valence-electron chi connectivity index (χ3n) is 3.18. The number of rotatable bonds is 3. The van der Waals surface area contributed by atoms with Crippen LogP contribution in [0.25, 0.3) is 0 Å². The summed E-state index contributed by atoms with van der Waals surface area (Å²) in [6.07, 6.45) is 0.655. The standard InChI is InChI=1S/C16H18FN/c1-11-6-7-12(2)15(8-11)16(18)10-13-4-3-5-14(17)9-13/h3-9,16H,10,18H2,1-2H3. The molecule has 0 bridgehead atoms. The molecule has 0 fully saturated rings. The van der Waals surface area contributed by atoms with Gasteiger partial charge < -0.3 is 5.73 Å². The second kappa shape index (κ2) is 5.32. The van der Waals surface area contributed by atoms with Crippen molar-refractivity contribution in [2.24, 2.45) is 5.73 Å². The highest BCUT2D eigenvalue weighted by Crippen LogP contribution is 2.21. The summed E-state index contributed by atoms with van der Waals surface area (Å²) in [6, 6.07) is 12.8. The third-order valence-corrected chi connectivity index (χ3v) is 3.18.